The number of aliphatic hydroxyl groups is 1. The quantitative estimate of drug-likeness (QED) is 0.631. The fourth-order valence-corrected chi connectivity index (χ4v) is 2.60. The predicted octanol–water partition coefficient (Wildman–Crippen LogP) is 3.27. The van der Waals surface area contributed by atoms with E-state index < -0.39 is 4.92 Å². The van der Waals surface area contributed by atoms with E-state index in [2.05, 4.69) is 17.2 Å². The summed E-state index contributed by atoms with van der Waals surface area (Å²) in [5.41, 5.74) is 1.98. The maximum atomic E-state index is 11.1. The van der Waals surface area contributed by atoms with Gasteiger partial charge in [-0.05, 0) is 32.3 Å². The number of aliphatic hydroxyl groups excluding tert-OH is 1. The first kappa shape index (κ1) is 16.2. The molecule has 0 spiro atoms. The second-order valence-electron chi connectivity index (χ2n) is 5.81. The zero-order chi connectivity index (χ0) is 16.3. The third-order valence-corrected chi connectivity index (χ3v) is 3.53. The van der Waals surface area contributed by atoms with Crippen LogP contribution in [0, 0.1) is 23.0 Å². The van der Waals surface area contributed by atoms with Crippen LogP contribution in [-0.2, 0) is 0 Å². The maximum Gasteiger partial charge on any atom is 0.295 e. The van der Waals surface area contributed by atoms with Crippen LogP contribution in [0.4, 0.5) is 11.4 Å². The van der Waals surface area contributed by atoms with Gasteiger partial charge in [0.05, 0.1) is 11.0 Å². The highest BCUT2D eigenvalue weighted by Gasteiger charge is 2.16. The molecule has 0 amide bonds. The molecule has 22 heavy (non-hydrogen) atoms. The molecule has 1 aromatic carbocycles. The first-order chi connectivity index (χ1) is 10.4. The fraction of sp³-hybridized carbons (Fsp3) is 0.438. The number of hydrogen-bond donors (Lipinski definition) is 2. The highest BCUT2D eigenvalue weighted by atomic mass is 16.6. The molecule has 2 aromatic rings. The van der Waals surface area contributed by atoms with Crippen molar-refractivity contribution in [3.8, 4) is 0 Å². The monoisotopic (exact) mass is 303 g/mol. The summed E-state index contributed by atoms with van der Waals surface area (Å²) in [7, 11) is 0. The third kappa shape index (κ3) is 3.71. The lowest BCUT2D eigenvalue weighted by molar-refractivity contribution is -0.383. The first-order valence-corrected chi connectivity index (χ1v) is 7.35. The Balaban J connectivity index is 2.34. The van der Waals surface area contributed by atoms with Crippen molar-refractivity contribution in [2.45, 2.75) is 33.3 Å². The number of aromatic nitrogens is 1. The van der Waals surface area contributed by atoms with Crippen molar-refractivity contribution < 1.29 is 10.0 Å². The van der Waals surface area contributed by atoms with Crippen molar-refractivity contribution in [1.29, 1.82) is 0 Å². The Labute approximate surface area is 129 Å². The van der Waals surface area contributed by atoms with Crippen LogP contribution in [0.3, 0.4) is 0 Å². The number of anilines is 1. The molecule has 2 atom stereocenters. The van der Waals surface area contributed by atoms with Crippen molar-refractivity contribution >= 4 is 22.3 Å². The lowest BCUT2D eigenvalue weighted by Crippen LogP contribution is -2.16. The molecule has 1 aromatic heterocycles. The average Bonchev–Trinajstić information content (AvgIpc) is 2.43. The van der Waals surface area contributed by atoms with Gasteiger partial charge in [0.15, 0.2) is 5.52 Å². The molecule has 0 radical (unpaired) electrons. The van der Waals surface area contributed by atoms with Crippen LogP contribution in [-0.4, -0.2) is 27.7 Å². The standard InChI is InChI=1S/C16H21N3O3/c1-10(7-12(3)20)9-17-14-8-11(2)18-16-13(14)5-4-6-15(16)19(21)22/h4-6,8,10,12,20H,7,9H2,1-3H3,(H,17,18). The van der Waals surface area contributed by atoms with E-state index in [0.717, 1.165) is 16.8 Å². The number of non-ortho nitro benzene ring substituents is 1. The van der Waals surface area contributed by atoms with Crippen LogP contribution in [0.25, 0.3) is 10.9 Å². The first-order valence-electron chi connectivity index (χ1n) is 7.35. The molecular formula is C16H21N3O3. The molecule has 0 aliphatic carbocycles. The van der Waals surface area contributed by atoms with E-state index in [4.69, 9.17) is 0 Å². The summed E-state index contributed by atoms with van der Waals surface area (Å²) in [5, 5.41) is 24.6. The van der Waals surface area contributed by atoms with Gasteiger partial charge in [-0.15, -0.1) is 0 Å². The van der Waals surface area contributed by atoms with Crippen molar-refractivity contribution in [2.75, 3.05) is 11.9 Å². The Morgan fingerprint density at radius 1 is 1.41 bits per heavy atom. The number of rotatable bonds is 6. The van der Waals surface area contributed by atoms with E-state index in [1.54, 1.807) is 13.0 Å². The zero-order valence-electron chi connectivity index (χ0n) is 13.0. The van der Waals surface area contributed by atoms with Gasteiger partial charge in [-0.3, -0.25) is 10.1 Å². The normalized spacial score (nSPS) is 13.8. The summed E-state index contributed by atoms with van der Waals surface area (Å²) < 4.78 is 0. The molecule has 118 valence electrons. The number of fused-ring (bicyclic) bond motifs is 1. The van der Waals surface area contributed by atoms with Gasteiger partial charge in [-0.1, -0.05) is 19.1 Å². The summed E-state index contributed by atoms with van der Waals surface area (Å²) in [5.74, 6) is 0.294. The Hall–Kier alpha value is -2.21. The Morgan fingerprint density at radius 2 is 2.14 bits per heavy atom. The molecular weight excluding hydrogens is 282 g/mol. The van der Waals surface area contributed by atoms with Gasteiger partial charge in [-0.2, -0.15) is 0 Å². The van der Waals surface area contributed by atoms with Crippen LogP contribution in [0.5, 0.6) is 0 Å². The van der Waals surface area contributed by atoms with Crippen molar-refractivity contribution in [1.82, 2.24) is 4.98 Å². The summed E-state index contributed by atoms with van der Waals surface area (Å²) in [6.45, 7) is 6.33. The molecule has 2 unspecified atom stereocenters. The molecule has 0 saturated carbocycles. The van der Waals surface area contributed by atoms with Gasteiger partial charge in [0.25, 0.3) is 5.69 Å². The number of nitro benzene ring substituents is 1. The van der Waals surface area contributed by atoms with Gasteiger partial charge in [-0.25, -0.2) is 4.98 Å². The van der Waals surface area contributed by atoms with E-state index in [1.807, 2.05) is 19.1 Å². The van der Waals surface area contributed by atoms with Crippen LogP contribution in [0.15, 0.2) is 24.3 Å². The van der Waals surface area contributed by atoms with E-state index in [-0.39, 0.29) is 11.8 Å². The number of hydrogen-bond acceptors (Lipinski definition) is 5. The van der Waals surface area contributed by atoms with Gasteiger partial charge in [0.1, 0.15) is 0 Å². The van der Waals surface area contributed by atoms with Gasteiger partial charge in [0, 0.05) is 29.4 Å². The molecule has 2 rings (SSSR count). The number of nitro groups is 1. The Bertz CT molecular complexity index is 686. The third-order valence-electron chi connectivity index (χ3n) is 3.53. The lowest BCUT2D eigenvalue weighted by Gasteiger charge is -2.16. The zero-order valence-corrected chi connectivity index (χ0v) is 13.0. The van der Waals surface area contributed by atoms with E-state index in [9.17, 15) is 15.2 Å². The molecule has 1 heterocycles. The summed E-state index contributed by atoms with van der Waals surface area (Å²) in [4.78, 5) is 15.0. The molecule has 6 heteroatoms. The summed E-state index contributed by atoms with van der Waals surface area (Å²) >= 11 is 0. The number of pyridine rings is 1. The number of nitrogens with one attached hydrogen (secondary N) is 1. The largest absolute Gasteiger partial charge is 0.393 e. The minimum atomic E-state index is -0.408. The van der Waals surface area contributed by atoms with E-state index >= 15 is 0 Å². The molecule has 0 aliphatic rings. The molecule has 6 nitrogen and oxygen atoms in total. The minimum Gasteiger partial charge on any atom is -0.393 e. The van der Waals surface area contributed by atoms with Crippen molar-refractivity contribution in [2.24, 2.45) is 5.92 Å². The van der Waals surface area contributed by atoms with Crippen molar-refractivity contribution in [3.05, 3.63) is 40.1 Å². The van der Waals surface area contributed by atoms with Crippen LogP contribution < -0.4 is 5.32 Å². The van der Waals surface area contributed by atoms with Crippen LogP contribution >= 0.6 is 0 Å². The topological polar surface area (TPSA) is 88.3 Å². The van der Waals surface area contributed by atoms with Gasteiger partial charge < -0.3 is 10.4 Å². The Kier molecular flexibility index (Phi) is 4.92. The predicted molar refractivity (Wildman–Crippen MR) is 87.1 cm³/mol. The molecule has 0 fully saturated rings. The van der Waals surface area contributed by atoms with Gasteiger partial charge in [0.2, 0.25) is 0 Å². The summed E-state index contributed by atoms with van der Waals surface area (Å²) in [6, 6.07) is 6.86. The molecule has 0 saturated heterocycles. The van der Waals surface area contributed by atoms with E-state index in [0.29, 0.717) is 24.4 Å². The van der Waals surface area contributed by atoms with Crippen LogP contribution in [0.1, 0.15) is 26.0 Å². The highest BCUT2D eigenvalue weighted by molar-refractivity contribution is 5.96. The number of benzene rings is 1. The average molecular weight is 303 g/mol. The summed E-state index contributed by atoms with van der Waals surface area (Å²) in [6.07, 6.45) is 0.364. The smallest absolute Gasteiger partial charge is 0.295 e. The minimum absolute atomic E-state index is 0.0151. The number of para-hydroxylation sites is 1. The molecule has 0 bridgehead atoms. The lowest BCUT2D eigenvalue weighted by atomic mass is 10.0. The number of nitrogens with zero attached hydrogens (tertiary/aromatic N) is 2. The van der Waals surface area contributed by atoms with E-state index in [1.165, 1.54) is 6.07 Å². The Morgan fingerprint density at radius 3 is 2.77 bits per heavy atom. The van der Waals surface area contributed by atoms with Crippen LogP contribution in [0.2, 0.25) is 0 Å². The number of aryl methyl sites for hydroxylation is 1. The second kappa shape index (κ2) is 6.70. The van der Waals surface area contributed by atoms with Gasteiger partial charge >= 0.3 is 0 Å². The highest BCUT2D eigenvalue weighted by Crippen LogP contribution is 2.30. The van der Waals surface area contributed by atoms with Crippen molar-refractivity contribution in [3.63, 3.8) is 0 Å². The molecule has 2 N–H and O–H groups in total. The molecule has 0 aliphatic heterocycles. The second-order valence-corrected chi connectivity index (χ2v) is 5.81. The maximum absolute atomic E-state index is 11.1. The fourth-order valence-electron chi connectivity index (χ4n) is 2.60. The SMILES string of the molecule is Cc1cc(NCC(C)CC(C)O)c2cccc([N+](=O)[O-])c2n1.